The van der Waals surface area contributed by atoms with Crippen molar-refractivity contribution >= 4 is 5.91 Å². The summed E-state index contributed by atoms with van der Waals surface area (Å²) in [5, 5.41) is 0. The van der Waals surface area contributed by atoms with Crippen LogP contribution in [0.15, 0.2) is 10.7 Å². The highest BCUT2D eigenvalue weighted by molar-refractivity contribution is 5.77. The predicted octanol–water partition coefficient (Wildman–Crippen LogP) is 3.87. The van der Waals surface area contributed by atoms with E-state index in [9.17, 15) is 4.79 Å². The molecule has 1 aromatic heterocycles. The van der Waals surface area contributed by atoms with E-state index in [2.05, 4.69) is 4.90 Å². The van der Waals surface area contributed by atoms with Crippen LogP contribution in [0.4, 0.5) is 0 Å². The molecular formula is C20H31N3O2. The van der Waals surface area contributed by atoms with Gasteiger partial charge in [-0.3, -0.25) is 9.69 Å². The molecular weight excluding hydrogens is 314 g/mol. The fourth-order valence-corrected chi connectivity index (χ4v) is 4.82. The molecule has 1 aliphatic carbocycles. The van der Waals surface area contributed by atoms with Gasteiger partial charge in [-0.15, -0.1) is 0 Å². The van der Waals surface area contributed by atoms with Crippen molar-refractivity contribution in [2.75, 3.05) is 26.2 Å². The van der Waals surface area contributed by atoms with E-state index in [-0.39, 0.29) is 0 Å². The molecule has 5 heteroatoms. The van der Waals surface area contributed by atoms with Crippen molar-refractivity contribution in [2.45, 2.75) is 76.2 Å². The number of aromatic nitrogens is 1. The number of amides is 1. The van der Waals surface area contributed by atoms with E-state index in [0.29, 0.717) is 17.9 Å². The Morgan fingerprint density at radius 3 is 2.72 bits per heavy atom. The van der Waals surface area contributed by atoms with Gasteiger partial charge >= 0.3 is 0 Å². The van der Waals surface area contributed by atoms with Crippen LogP contribution in [0.2, 0.25) is 0 Å². The molecule has 0 spiro atoms. The lowest BCUT2D eigenvalue weighted by atomic mass is 9.87. The van der Waals surface area contributed by atoms with Gasteiger partial charge in [0, 0.05) is 32.0 Å². The third-order valence-corrected chi connectivity index (χ3v) is 6.26. The molecule has 2 aliphatic heterocycles. The number of hydrogen-bond acceptors (Lipinski definition) is 4. The zero-order valence-electron chi connectivity index (χ0n) is 15.3. The van der Waals surface area contributed by atoms with Gasteiger partial charge < -0.3 is 9.32 Å². The third-order valence-electron chi connectivity index (χ3n) is 6.26. The van der Waals surface area contributed by atoms with E-state index in [4.69, 9.17) is 9.40 Å². The number of carbonyl (C=O) groups is 1. The van der Waals surface area contributed by atoms with Crippen LogP contribution in [0.5, 0.6) is 0 Å². The van der Waals surface area contributed by atoms with Gasteiger partial charge in [0.05, 0.1) is 11.7 Å². The summed E-state index contributed by atoms with van der Waals surface area (Å²) in [5.41, 5.74) is 1.18. The predicted molar refractivity (Wildman–Crippen MR) is 96.3 cm³/mol. The van der Waals surface area contributed by atoms with Crippen LogP contribution in [0.25, 0.3) is 0 Å². The van der Waals surface area contributed by atoms with E-state index in [1.807, 2.05) is 11.2 Å². The minimum absolute atomic E-state index is 0.336. The number of carbonyl (C=O) groups excluding carboxylic acids is 1. The highest BCUT2D eigenvalue weighted by Crippen LogP contribution is 2.36. The number of rotatable bonds is 6. The van der Waals surface area contributed by atoms with Crippen LogP contribution in [0.3, 0.4) is 0 Å². The summed E-state index contributed by atoms with van der Waals surface area (Å²) in [6.45, 7) is 4.02. The molecule has 25 heavy (non-hydrogen) atoms. The summed E-state index contributed by atoms with van der Waals surface area (Å²) < 4.78 is 5.91. The van der Waals surface area contributed by atoms with Crippen LogP contribution >= 0.6 is 0 Å². The van der Waals surface area contributed by atoms with Gasteiger partial charge in [-0.25, -0.2) is 4.98 Å². The van der Waals surface area contributed by atoms with Gasteiger partial charge in [-0.05, 0) is 45.1 Å². The first kappa shape index (κ1) is 17.1. The maximum atomic E-state index is 11.7. The Bertz CT molecular complexity index is 579. The fraction of sp³-hybridized carbons (Fsp3) is 0.800. The Labute approximate surface area is 150 Å². The molecule has 1 amide bonds. The van der Waals surface area contributed by atoms with Gasteiger partial charge in [-0.1, -0.05) is 19.3 Å². The monoisotopic (exact) mass is 345 g/mol. The highest BCUT2D eigenvalue weighted by atomic mass is 16.3. The van der Waals surface area contributed by atoms with Crippen LogP contribution in [-0.2, 0) is 4.79 Å². The Morgan fingerprint density at radius 2 is 1.92 bits per heavy atom. The molecule has 138 valence electrons. The average molecular weight is 345 g/mol. The second-order valence-corrected chi connectivity index (χ2v) is 7.98. The minimum atomic E-state index is 0.336. The van der Waals surface area contributed by atoms with E-state index < -0.39 is 0 Å². The maximum absolute atomic E-state index is 11.7. The van der Waals surface area contributed by atoms with E-state index in [1.165, 1.54) is 44.2 Å². The van der Waals surface area contributed by atoms with Crippen molar-refractivity contribution in [3.05, 3.63) is 17.8 Å². The van der Waals surface area contributed by atoms with Crippen LogP contribution < -0.4 is 0 Å². The molecule has 2 saturated heterocycles. The number of nitrogens with zero attached hydrogens (tertiary/aromatic N) is 3. The van der Waals surface area contributed by atoms with Crippen molar-refractivity contribution in [2.24, 2.45) is 0 Å². The standard InChI is InChI=1S/C20H31N3O2/c24-19-10-5-12-23(19)14-6-13-22-11-4-9-18(22)20-21-17(15-25-20)16-7-2-1-3-8-16/h15-16,18H,1-14H2/t18-/m0/s1. The van der Waals surface area contributed by atoms with E-state index in [0.717, 1.165) is 57.8 Å². The summed E-state index contributed by atoms with van der Waals surface area (Å²) >= 11 is 0. The summed E-state index contributed by atoms with van der Waals surface area (Å²) in [5.74, 6) is 1.88. The lowest BCUT2D eigenvalue weighted by Crippen LogP contribution is -2.30. The molecule has 3 heterocycles. The highest BCUT2D eigenvalue weighted by Gasteiger charge is 2.31. The molecule has 1 saturated carbocycles. The van der Waals surface area contributed by atoms with Crippen LogP contribution in [0.1, 0.15) is 87.8 Å². The van der Waals surface area contributed by atoms with Crippen molar-refractivity contribution in [3.63, 3.8) is 0 Å². The van der Waals surface area contributed by atoms with Gasteiger partial charge in [0.15, 0.2) is 0 Å². The molecule has 3 fully saturated rings. The van der Waals surface area contributed by atoms with Gasteiger partial charge in [0.2, 0.25) is 11.8 Å². The Kier molecular flexibility index (Phi) is 5.39. The lowest BCUT2D eigenvalue weighted by Gasteiger charge is -2.23. The quantitative estimate of drug-likeness (QED) is 0.785. The molecule has 0 bridgehead atoms. The van der Waals surface area contributed by atoms with Gasteiger partial charge in [0.25, 0.3) is 0 Å². The van der Waals surface area contributed by atoms with E-state index >= 15 is 0 Å². The summed E-state index contributed by atoms with van der Waals surface area (Å²) in [6, 6.07) is 0.339. The molecule has 3 aliphatic rings. The normalized spacial score (nSPS) is 26.0. The molecule has 0 radical (unpaired) electrons. The first-order chi connectivity index (χ1) is 12.3. The number of likely N-dealkylation sites (tertiary alicyclic amines) is 2. The minimum Gasteiger partial charge on any atom is -0.447 e. The SMILES string of the molecule is O=C1CCCN1CCCN1CCC[C@H]1c1nc(C2CCCCC2)co1. The van der Waals surface area contributed by atoms with Gasteiger partial charge in [0.1, 0.15) is 6.26 Å². The number of oxazole rings is 1. The third kappa shape index (κ3) is 3.91. The summed E-state index contributed by atoms with van der Waals surface area (Å²) in [4.78, 5) is 21.2. The Morgan fingerprint density at radius 1 is 1.04 bits per heavy atom. The van der Waals surface area contributed by atoms with E-state index in [1.54, 1.807) is 0 Å². The Balaban J connectivity index is 1.31. The fourth-order valence-electron chi connectivity index (χ4n) is 4.82. The zero-order valence-corrected chi connectivity index (χ0v) is 15.3. The Hall–Kier alpha value is -1.36. The first-order valence-corrected chi connectivity index (χ1v) is 10.3. The van der Waals surface area contributed by atoms with Crippen molar-refractivity contribution in [3.8, 4) is 0 Å². The molecule has 0 N–H and O–H groups in total. The van der Waals surface area contributed by atoms with Crippen molar-refractivity contribution < 1.29 is 9.21 Å². The molecule has 1 aromatic rings. The van der Waals surface area contributed by atoms with Crippen LogP contribution in [-0.4, -0.2) is 46.9 Å². The van der Waals surface area contributed by atoms with Crippen LogP contribution in [0, 0.1) is 0 Å². The maximum Gasteiger partial charge on any atom is 0.222 e. The average Bonchev–Trinajstić information content (AvgIpc) is 3.37. The summed E-state index contributed by atoms with van der Waals surface area (Å²) in [7, 11) is 0. The largest absolute Gasteiger partial charge is 0.447 e. The topological polar surface area (TPSA) is 49.6 Å². The molecule has 1 atom stereocenters. The molecule has 0 aromatic carbocycles. The second kappa shape index (κ2) is 7.90. The molecule has 5 nitrogen and oxygen atoms in total. The lowest BCUT2D eigenvalue weighted by molar-refractivity contribution is -0.127. The zero-order chi connectivity index (χ0) is 17.1. The molecule has 4 rings (SSSR count). The first-order valence-electron chi connectivity index (χ1n) is 10.3. The second-order valence-electron chi connectivity index (χ2n) is 7.98. The summed E-state index contributed by atoms with van der Waals surface area (Å²) in [6.07, 6.45) is 13.7. The smallest absolute Gasteiger partial charge is 0.222 e. The van der Waals surface area contributed by atoms with Crippen molar-refractivity contribution in [1.29, 1.82) is 0 Å². The van der Waals surface area contributed by atoms with Crippen molar-refractivity contribution in [1.82, 2.24) is 14.8 Å². The molecule has 0 unspecified atom stereocenters. The number of hydrogen-bond donors (Lipinski definition) is 0. The van der Waals surface area contributed by atoms with Gasteiger partial charge in [-0.2, -0.15) is 0 Å².